The normalized spacial score (nSPS) is 13.4. The fourth-order valence-electron chi connectivity index (χ4n) is 3.21. The van der Waals surface area contributed by atoms with Crippen molar-refractivity contribution in [1.29, 1.82) is 0 Å². The number of aromatic nitrogens is 3. The summed E-state index contributed by atoms with van der Waals surface area (Å²) < 4.78 is 5.88. The maximum absolute atomic E-state index is 5.88. The van der Waals surface area contributed by atoms with Crippen LogP contribution in [-0.2, 0) is 6.42 Å². The average molecular weight is 465 g/mol. The minimum Gasteiger partial charge on any atom is -0.463 e. The van der Waals surface area contributed by atoms with Gasteiger partial charge in [0.05, 0.1) is 12.8 Å². The third kappa shape index (κ3) is 8.05. The van der Waals surface area contributed by atoms with E-state index in [2.05, 4.69) is 49.4 Å². The number of pyridine rings is 1. The van der Waals surface area contributed by atoms with Gasteiger partial charge in [-0.1, -0.05) is 49.7 Å². The molecule has 3 aromatic rings. The van der Waals surface area contributed by atoms with Crippen molar-refractivity contribution >= 4 is 29.6 Å². The third-order valence-electron chi connectivity index (χ3n) is 4.78. The molecule has 0 atom stereocenters. The van der Waals surface area contributed by atoms with Gasteiger partial charge in [0.1, 0.15) is 5.82 Å². The molecule has 33 heavy (non-hydrogen) atoms. The SMILES string of the molecule is CC.Cc1cccc(/C=N/Nc2cc(N3CCSCC3)nc(OCCc3ccccn3)n2)c1. The van der Waals surface area contributed by atoms with Crippen LogP contribution < -0.4 is 15.1 Å². The van der Waals surface area contributed by atoms with Crippen LogP contribution >= 0.6 is 11.8 Å². The lowest BCUT2D eigenvalue weighted by molar-refractivity contribution is 0.295. The van der Waals surface area contributed by atoms with E-state index in [0.29, 0.717) is 24.9 Å². The molecular formula is C25H32N6OS. The molecule has 0 bridgehead atoms. The molecule has 0 aliphatic carbocycles. The van der Waals surface area contributed by atoms with E-state index >= 15 is 0 Å². The van der Waals surface area contributed by atoms with Crippen molar-refractivity contribution in [3.63, 3.8) is 0 Å². The lowest BCUT2D eigenvalue weighted by Gasteiger charge is -2.27. The zero-order valence-corrected chi connectivity index (χ0v) is 20.4. The maximum Gasteiger partial charge on any atom is 0.320 e. The van der Waals surface area contributed by atoms with Crippen LogP contribution in [0, 0.1) is 6.92 Å². The number of hydrazone groups is 1. The molecular weight excluding hydrogens is 432 g/mol. The number of thioether (sulfide) groups is 1. The Balaban J connectivity index is 0.00000149. The number of aryl methyl sites for hydroxylation is 1. The van der Waals surface area contributed by atoms with Gasteiger partial charge in [-0.05, 0) is 24.6 Å². The minimum atomic E-state index is 0.347. The molecule has 174 valence electrons. The third-order valence-corrected chi connectivity index (χ3v) is 5.72. The number of hydrogen-bond donors (Lipinski definition) is 1. The van der Waals surface area contributed by atoms with Crippen LogP contribution in [0.2, 0.25) is 0 Å². The quantitative estimate of drug-likeness (QED) is 0.378. The van der Waals surface area contributed by atoms with E-state index in [-0.39, 0.29) is 0 Å². The van der Waals surface area contributed by atoms with Crippen molar-refractivity contribution in [3.8, 4) is 6.01 Å². The van der Waals surface area contributed by atoms with Gasteiger partial charge >= 0.3 is 6.01 Å². The summed E-state index contributed by atoms with van der Waals surface area (Å²) in [6, 6.07) is 16.3. The predicted molar refractivity (Wildman–Crippen MR) is 139 cm³/mol. The molecule has 1 fully saturated rings. The number of rotatable bonds is 8. The predicted octanol–water partition coefficient (Wildman–Crippen LogP) is 4.83. The van der Waals surface area contributed by atoms with Crippen molar-refractivity contribution in [2.45, 2.75) is 27.2 Å². The first-order valence-electron chi connectivity index (χ1n) is 11.4. The molecule has 4 rings (SSSR count). The van der Waals surface area contributed by atoms with Crippen LogP contribution in [0.5, 0.6) is 6.01 Å². The van der Waals surface area contributed by atoms with E-state index in [1.165, 1.54) is 5.56 Å². The monoisotopic (exact) mass is 464 g/mol. The summed E-state index contributed by atoms with van der Waals surface area (Å²) in [6.45, 7) is 8.44. The molecule has 7 nitrogen and oxygen atoms in total. The highest BCUT2D eigenvalue weighted by Crippen LogP contribution is 2.22. The Kier molecular flexibility index (Phi) is 9.97. The molecule has 1 aliphatic heterocycles. The number of nitrogens with zero attached hydrogens (tertiary/aromatic N) is 5. The second-order valence-corrected chi connectivity index (χ2v) is 8.42. The van der Waals surface area contributed by atoms with Crippen LogP contribution in [0.15, 0.2) is 59.8 Å². The van der Waals surface area contributed by atoms with Crippen molar-refractivity contribution in [3.05, 3.63) is 71.5 Å². The van der Waals surface area contributed by atoms with E-state index in [1.54, 1.807) is 12.4 Å². The molecule has 1 N–H and O–H groups in total. The molecule has 3 heterocycles. The first-order valence-corrected chi connectivity index (χ1v) is 12.5. The molecule has 0 amide bonds. The Bertz CT molecular complexity index is 1010. The van der Waals surface area contributed by atoms with Crippen molar-refractivity contribution in [2.24, 2.45) is 5.10 Å². The minimum absolute atomic E-state index is 0.347. The summed E-state index contributed by atoms with van der Waals surface area (Å²) in [5.74, 6) is 3.65. The molecule has 1 aromatic carbocycles. The standard InChI is InChI=1S/C23H26N6OS.C2H6/c1-18-5-4-6-19(15-18)17-25-28-21-16-22(29-10-13-31-14-11-29)27-23(26-21)30-12-8-20-7-2-3-9-24-20;1-2/h2-7,9,15-17H,8,10-14H2,1H3,(H,26,27,28);1-2H3/b25-17+;. The highest BCUT2D eigenvalue weighted by atomic mass is 32.2. The zero-order valence-electron chi connectivity index (χ0n) is 19.6. The fraction of sp³-hybridized carbons (Fsp3) is 0.360. The fourth-order valence-corrected chi connectivity index (χ4v) is 4.11. The summed E-state index contributed by atoms with van der Waals surface area (Å²) in [5, 5.41) is 4.35. The highest BCUT2D eigenvalue weighted by molar-refractivity contribution is 7.99. The van der Waals surface area contributed by atoms with Gasteiger partial charge in [-0.2, -0.15) is 26.8 Å². The van der Waals surface area contributed by atoms with Crippen molar-refractivity contribution < 1.29 is 4.74 Å². The van der Waals surface area contributed by atoms with Crippen LogP contribution in [0.3, 0.4) is 0 Å². The second-order valence-electron chi connectivity index (χ2n) is 7.20. The molecule has 2 aromatic heterocycles. The number of ether oxygens (including phenoxy) is 1. The van der Waals surface area contributed by atoms with E-state index in [0.717, 1.165) is 41.7 Å². The van der Waals surface area contributed by atoms with E-state index in [1.807, 2.05) is 62.0 Å². The van der Waals surface area contributed by atoms with E-state index in [4.69, 9.17) is 4.74 Å². The Labute approximate surface area is 200 Å². The lowest BCUT2D eigenvalue weighted by Crippen LogP contribution is -2.33. The van der Waals surface area contributed by atoms with Gasteiger partial charge in [-0.15, -0.1) is 0 Å². The van der Waals surface area contributed by atoms with Crippen LogP contribution in [0.1, 0.15) is 30.7 Å². The first kappa shape index (κ1) is 24.5. The smallest absolute Gasteiger partial charge is 0.320 e. The molecule has 8 heteroatoms. The van der Waals surface area contributed by atoms with Crippen LogP contribution in [0.25, 0.3) is 0 Å². The summed E-state index contributed by atoms with van der Waals surface area (Å²) in [4.78, 5) is 15.7. The Hall–Kier alpha value is -3.13. The summed E-state index contributed by atoms with van der Waals surface area (Å²) in [5.41, 5.74) is 6.24. The average Bonchev–Trinajstić information content (AvgIpc) is 2.86. The van der Waals surface area contributed by atoms with Gasteiger partial charge in [0.25, 0.3) is 0 Å². The number of hydrogen-bond acceptors (Lipinski definition) is 8. The first-order chi connectivity index (χ1) is 16.3. The molecule has 0 radical (unpaired) electrons. The number of anilines is 2. The largest absolute Gasteiger partial charge is 0.463 e. The van der Waals surface area contributed by atoms with Gasteiger partial charge in [0.2, 0.25) is 0 Å². The Morgan fingerprint density at radius 1 is 1.09 bits per heavy atom. The molecule has 1 saturated heterocycles. The van der Waals surface area contributed by atoms with Crippen molar-refractivity contribution in [2.75, 3.05) is 41.5 Å². The van der Waals surface area contributed by atoms with Crippen molar-refractivity contribution in [1.82, 2.24) is 15.0 Å². The van der Waals surface area contributed by atoms with E-state index < -0.39 is 0 Å². The Morgan fingerprint density at radius 2 is 1.94 bits per heavy atom. The van der Waals surface area contributed by atoms with Crippen LogP contribution in [0.4, 0.5) is 11.6 Å². The lowest BCUT2D eigenvalue weighted by atomic mass is 10.2. The summed E-state index contributed by atoms with van der Waals surface area (Å²) >= 11 is 1.96. The topological polar surface area (TPSA) is 75.5 Å². The zero-order chi connectivity index (χ0) is 23.3. The second kappa shape index (κ2) is 13.4. The van der Waals surface area contributed by atoms with Gasteiger partial charge in [-0.25, -0.2) is 0 Å². The van der Waals surface area contributed by atoms with Gasteiger partial charge < -0.3 is 9.64 Å². The summed E-state index contributed by atoms with van der Waals surface area (Å²) in [6.07, 6.45) is 4.27. The maximum atomic E-state index is 5.88. The van der Waals surface area contributed by atoms with Crippen LogP contribution in [-0.4, -0.2) is 52.4 Å². The molecule has 0 unspecified atom stereocenters. The molecule has 0 spiro atoms. The Morgan fingerprint density at radius 3 is 2.70 bits per heavy atom. The molecule has 0 saturated carbocycles. The molecule has 1 aliphatic rings. The number of nitrogens with one attached hydrogen (secondary N) is 1. The summed E-state index contributed by atoms with van der Waals surface area (Å²) in [7, 11) is 0. The van der Waals surface area contributed by atoms with Gasteiger partial charge in [-0.3, -0.25) is 10.4 Å². The van der Waals surface area contributed by atoms with Gasteiger partial charge in [0, 0.05) is 49.0 Å². The van der Waals surface area contributed by atoms with Gasteiger partial charge in [0.15, 0.2) is 5.82 Å². The van der Waals surface area contributed by atoms with E-state index in [9.17, 15) is 0 Å². The number of benzene rings is 1. The highest BCUT2D eigenvalue weighted by Gasteiger charge is 2.15.